The van der Waals surface area contributed by atoms with Gasteiger partial charge in [-0.05, 0) is 45.0 Å². The summed E-state index contributed by atoms with van der Waals surface area (Å²) in [6, 6.07) is 5.25. The van der Waals surface area contributed by atoms with Crippen LogP contribution in [0, 0.1) is 5.82 Å². The largest absolute Gasteiger partial charge is 0.444 e. The summed E-state index contributed by atoms with van der Waals surface area (Å²) in [6.45, 7) is 7.49. The van der Waals surface area contributed by atoms with Crippen LogP contribution >= 0.6 is 11.3 Å². The van der Waals surface area contributed by atoms with Gasteiger partial charge in [0.2, 0.25) is 0 Å². The Hall–Kier alpha value is -2.20. The van der Waals surface area contributed by atoms with Crippen LogP contribution in [-0.4, -0.2) is 52.7 Å². The molecule has 0 atom stereocenters. The first kappa shape index (κ1) is 22.5. The molecule has 0 bridgehead atoms. The SMILES string of the molecule is CC(C)(C)OC(=O)N1CCN(Cc2sc(C(F)(F)F)nc2-c2ccc(F)cc2)CC1. The van der Waals surface area contributed by atoms with Crippen molar-refractivity contribution < 1.29 is 27.1 Å². The first-order chi connectivity index (χ1) is 13.9. The summed E-state index contributed by atoms with van der Waals surface area (Å²) in [5.74, 6) is -0.468. The second kappa shape index (κ2) is 8.50. The van der Waals surface area contributed by atoms with Crippen molar-refractivity contribution in [2.45, 2.75) is 39.1 Å². The zero-order valence-corrected chi connectivity index (χ0v) is 17.7. The van der Waals surface area contributed by atoms with Gasteiger partial charge < -0.3 is 9.64 Å². The number of thiazole rings is 1. The third kappa shape index (κ3) is 5.69. The van der Waals surface area contributed by atoms with E-state index in [4.69, 9.17) is 4.74 Å². The Morgan fingerprint density at radius 3 is 2.23 bits per heavy atom. The van der Waals surface area contributed by atoms with Crippen LogP contribution < -0.4 is 0 Å². The monoisotopic (exact) mass is 445 g/mol. The molecule has 0 N–H and O–H groups in total. The number of benzene rings is 1. The van der Waals surface area contributed by atoms with Gasteiger partial charge in [-0.2, -0.15) is 13.2 Å². The molecular formula is C20H23F4N3O2S. The molecule has 3 rings (SSSR count). The van der Waals surface area contributed by atoms with Gasteiger partial charge in [0.15, 0.2) is 5.01 Å². The minimum atomic E-state index is -4.55. The van der Waals surface area contributed by atoms with Crippen molar-refractivity contribution in [2.24, 2.45) is 0 Å². The van der Waals surface area contributed by atoms with Crippen LogP contribution in [0.3, 0.4) is 0 Å². The number of ether oxygens (including phenoxy) is 1. The van der Waals surface area contributed by atoms with Crippen LogP contribution in [0.1, 0.15) is 30.7 Å². The van der Waals surface area contributed by atoms with E-state index in [1.54, 1.807) is 25.7 Å². The predicted molar refractivity (Wildman–Crippen MR) is 106 cm³/mol. The number of hydrogen-bond donors (Lipinski definition) is 0. The lowest BCUT2D eigenvalue weighted by atomic mass is 10.1. The van der Waals surface area contributed by atoms with E-state index in [1.165, 1.54) is 24.3 Å². The Morgan fingerprint density at radius 1 is 1.10 bits per heavy atom. The molecule has 0 aliphatic carbocycles. The summed E-state index contributed by atoms with van der Waals surface area (Å²) < 4.78 is 58.3. The van der Waals surface area contributed by atoms with E-state index in [0.29, 0.717) is 48.0 Å². The maximum atomic E-state index is 13.2. The third-order valence-electron chi connectivity index (χ3n) is 4.45. The number of amides is 1. The van der Waals surface area contributed by atoms with E-state index in [9.17, 15) is 22.4 Å². The molecule has 1 saturated heterocycles. The maximum absolute atomic E-state index is 13.2. The number of piperazine rings is 1. The van der Waals surface area contributed by atoms with E-state index in [2.05, 4.69) is 4.98 Å². The molecule has 2 aromatic rings. The lowest BCUT2D eigenvalue weighted by Gasteiger charge is -2.35. The summed E-state index contributed by atoms with van der Waals surface area (Å²) in [5.41, 5.74) is 0.0574. The smallest absolute Gasteiger partial charge is 0.443 e. The number of aromatic nitrogens is 1. The van der Waals surface area contributed by atoms with Crippen molar-refractivity contribution in [3.05, 3.63) is 40.0 Å². The molecule has 30 heavy (non-hydrogen) atoms. The van der Waals surface area contributed by atoms with Crippen LogP contribution in [0.5, 0.6) is 0 Å². The van der Waals surface area contributed by atoms with Gasteiger partial charge in [-0.1, -0.05) is 0 Å². The molecule has 1 aliphatic rings. The highest BCUT2D eigenvalue weighted by Crippen LogP contribution is 2.38. The Bertz CT molecular complexity index is 883. The summed E-state index contributed by atoms with van der Waals surface area (Å²) in [5, 5.41) is -0.927. The lowest BCUT2D eigenvalue weighted by Crippen LogP contribution is -2.49. The van der Waals surface area contributed by atoms with Gasteiger partial charge in [-0.3, -0.25) is 4.90 Å². The van der Waals surface area contributed by atoms with Gasteiger partial charge in [0, 0.05) is 43.2 Å². The average molecular weight is 445 g/mol. The lowest BCUT2D eigenvalue weighted by molar-refractivity contribution is -0.137. The first-order valence-corrected chi connectivity index (χ1v) is 10.3. The molecule has 1 aliphatic heterocycles. The fourth-order valence-corrected chi connectivity index (χ4v) is 4.02. The van der Waals surface area contributed by atoms with E-state index in [-0.39, 0.29) is 12.2 Å². The van der Waals surface area contributed by atoms with Crippen LogP contribution in [-0.2, 0) is 17.5 Å². The minimum Gasteiger partial charge on any atom is -0.444 e. The normalized spacial score (nSPS) is 16.0. The highest BCUT2D eigenvalue weighted by molar-refractivity contribution is 7.12. The van der Waals surface area contributed by atoms with Crippen LogP contribution in [0.2, 0.25) is 0 Å². The molecule has 0 radical (unpaired) electrons. The summed E-state index contributed by atoms with van der Waals surface area (Å²) in [4.78, 5) is 20.0. The molecule has 10 heteroatoms. The first-order valence-electron chi connectivity index (χ1n) is 9.45. The van der Waals surface area contributed by atoms with E-state index >= 15 is 0 Å². The summed E-state index contributed by atoms with van der Waals surface area (Å²) >= 11 is 0.597. The Labute approximate surface area is 176 Å². The Morgan fingerprint density at radius 2 is 1.70 bits per heavy atom. The molecule has 1 aromatic carbocycles. The molecule has 1 fully saturated rings. The Balaban J connectivity index is 1.73. The molecule has 5 nitrogen and oxygen atoms in total. The van der Waals surface area contributed by atoms with Crippen molar-refractivity contribution in [2.75, 3.05) is 26.2 Å². The number of nitrogens with zero attached hydrogens (tertiary/aromatic N) is 3. The van der Waals surface area contributed by atoms with Crippen molar-refractivity contribution >= 4 is 17.4 Å². The quantitative estimate of drug-likeness (QED) is 0.623. The highest BCUT2D eigenvalue weighted by atomic mass is 32.1. The second-order valence-electron chi connectivity index (χ2n) is 8.04. The van der Waals surface area contributed by atoms with Crippen molar-refractivity contribution in [3.8, 4) is 11.3 Å². The molecule has 1 aromatic heterocycles. The molecule has 0 unspecified atom stereocenters. The fraction of sp³-hybridized carbons (Fsp3) is 0.500. The molecule has 0 spiro atoms. The van der Waals surface area contributed by atoms with Gasteiger partial charge in [0.05, 0.1) is 5.69 Å². The van der Waals surface area contributed by atoms with E-state index < -0.39 is 28.7 Å². The van der Waals surface area contributed by atoms with Gasteiger partial charge in [-0.25, -0.2) is 14.2 Å². The van der Waals surface area contributed by atoms with Gasteiger partial charge in [-0.15, -0.1) is 11.3 Å². The molecule has 164 valence electrons. The number of carbonyl (C=O) groups excluding carboxylic acids is 1. The predicted octanol–water partition coefficient (Wildman–Crippen LogP) is 5.02. The Kier molecular flexibility index (Phi) is 6.37. The zero-order valence-electron chi connectivity index (χ0n) is 16.9. The standard InChI is InChI=1S/C20H23F4N3O2S/c1-19(2,3)29-18(28)27-10-8-26(9-11-27)12-15-16(13-4-6-14(21)7-5-13)25-17(30-15)20(22,23)24/h4-7H,8-12H2,1-3H3. The topological polar surface area (TPSA) is 45.7 Å². The number of halogens is 4. The number of rotatable bonds is 3. The minimum absolute atomic E-state index is 0.210. The van der Waals surface area contributed by atoms with Gasteiger partial charge >= 0.3 is 12.3 Å². The van der Waals surface area contributed by atoms with Crippen LogP contribution in [0.4, 0.5) is 22.4 Å². The molecular weight excluding hydrogens is 422 g/mol. The zero-order chi connectivity index (χ0) is 22.1. The number of carbonyl (C=O) groups is 1. The fourth-order valence-electron chi connectivity index (χ4n) is 3.03. The second-order valence-corrected chi connectivity index (χ2v) is 9.12. The number of alkyl halides is 3. The van der Waals surface area contributed by atoms with Crippen molar-refractivity contribution in [3.63, 3.8) is 0 Å². The average Bonchev–Trinajstić information content (AvgIpc) is 3.06. The van der Waals surface area contributed by atoms with Crippen molar-refractivity contribution in [1.29, 1.82) is 0 Å². The van der Waals surface area contributed by atoms with E-state index in [1.807, 2.05) is 4.90 Å². The van der Waals surface area contributed by atoms with Crippen LogP contribution in [0.15, 0.2) is 24.3 Å². The van der Waals surface area contributed by atoms with Gasteiger partial charge in [0.25, 0.3) is 0 Å². The van der Waals surface area contributed by atoms with E-state index in [0.717, 1.165) is 0 Å². The maximum Gasteiger partial charge on any atom is 0.443 e. The number of hydrogen-bond acceptors (Lipinski definition) is 5. The highest BCUT2D eigenvalue weighted by Gasteiger charge is 2.36. The summed E-state index contributed by atoms with van der Waals surface area (Å²) in [7, 11) is 0. The molecule has 2 heterocycles. The third-order valence-corrected chi connectivity index (χ3v) is 5.53. The van der Waals surface area contributed by atoms with Crippen LogP contribution in [0.25, 0.3) is 11.3 Å². The molecule has 1 amide bonds. The molecule has 0 saturated carbocycles. The van der Waals surface area contributed by atoms with Gasteiger partial charge in [0.1, 0.15) is 11.4 Å². The summed E-state index contributed by atoms with van der Waals surface area (Å²) in [6.07, 6.45) is -4.95. The van der Waals surface area contributed by atoms with Crippen molar-refractivity contribution in [1.82, 2.24) is 14.8 Å².